The lowest BCUT2D eigenvalue weighted by Gasteiger charge is -2.10. The number of aryl methyl sites for hydroxylation is 1. The standard InChI is InChI=1S/C17H19FN6O2S/c1-12-13(2)24(11-22-12)17-9-16(20-10-21-17)19-7-8-23-27(25,26)15-5-3-14(18)4-6-15/h3-6,9-11,23H,7-8H2,1-2H3,(H,19,20,21). The fourth-order valence-electron chi connectivity index (χ4n) is 2.38. The predicted octanol–water partition coefficient (Wildman–Crippen LogP) is 1.81. The number of halogens is 1. The maximum absolute atomic E-state index is 12.9. The van der Waals surface area contributed by atoms with Crippen LogP contribution in [0.1, 0.15) is 11.4 Å². The molecule has 0 aliphatic rings. The molecule has 1 aromatic carbocycles. The first-order chi connectivity index (χ1) is 12.9. The molecule has 0 radical (unpaired) electrons. The molecule has 0 amide bonds. The van der Waals surface area contributed by atoms with Crippen LogP contribution in [0.5, 0.6) is 0 Å². The lowest BCUT2D eigenvalue weighted by molar-refractivity contribution is 0.582. The molecule has 0 bridgehead atoms. The van der Waals surface area contributed by atoms with Gasteiger partial charge in [0.25, 0.3) is 0 Å². The molecule has 0 aliphatic carbocycles. The van der Waals surface area contributed by atoms with E-state index in [1.165, 1.54) is 18.5 Å². The largest absolute Gasteiger partial charge is 0.369 e. The second-order valence-corrected chi connectivity index (χ2v) is 7.59. The van der Waals surface area contributed by atoms with Gasteiger partial charge in [-0.3, -0.25) is 4.57 Å². The Labute approximate surface area is 156 Å². The molecule has 0 fully saturated rings. The van der Waals surface area contributed by atoms with Crippen LogP contribution in [-0.4, -0.2) is 41.0 Å². The Balaban J connectivity index is 1.59. The quantitative estimate of drug-likeness (QED) is 0.597. The number of imidazole rings is 1. The lowest BCUT2D eigenvalue weighted by atomic mass is 10.4. The van der Waals surface area contributed by atoms with Gasteiger partial charge in [0.2, 0.25) is 10.0 Å². The van der Waals surface area contributed by atoms with Crippen molar-refractivity contribution in [2.45, 2.75) is 18.7 Å². The minimum absolute atomic E-state index is 0.0131. The number of hydrogen-bond donors (Lipinski definition) is 2. The number of aromatic nitrogens is 4. The zero-order valence-corrected chi connectivity index (χ0v) is 15.7. The van der Waals surface area contributed by atoms with E-state index in [9.17, 15) is 12.8 Å². The predicted molar refractivity (Wildman–Crippen MR) is 98.7 cm³/mol. The zero-order chi connectivity index (χ0) is 19.4. The number of benzene rings is 1. The van der Waals surface area contributed by atoms with E-state index in [1.54, 1.807) is 12.4 Å². The molecule has 142 valence electrons. The van der Waals surface area contributed by atoms with Crippen LogP contribution < -0.4 is 10.0 Å². The van der Waals surface area contributed by atoms with Crippen LogP contribution in [0, 0.1) is 19.7 Å². The fourth-order valence-corrected chi connectivity index (χ4v) is 3.41. The third-order valence-corrected chi connectivity index (χ3v) is 5.48. The summed E-state index contributed by atoms with van der Waals surface area (Å²) in [5.41, 5.74) is 1.89. The average Bonchev–Trinajstić information content (AvgIpc) is 2.98. The lowest BCUT2D eigenvalue weighted by Crippen LogP contribution is -2.29. The van der Waals surface area contributed by atoms with Crippen LogP contribution >= 0.6 is 0 Å². The molecule has 8 nitrogen and oxygen atoms in total. The van der Waals surface area contributed by atoms with Crippen LogP contribution in [0.2, 0.25) is 0 Å². The van der Waals surface area contributed by atoms with Crippen molar-refractivity contribution < 1.29 is 12.8 Å². The molecule has 0 atom stereocenters. The van der Waals surface area contributed by atoms with Crippen LogP contribution in [-0.2, 0) is 10.0 Å². The number of nitrogens with zero attached hydrogens (tertiary/aromatic N) is 4. The molecular weight excluding hydrogens is 371 g/mol. The van der Waals surface area contributed by atoms with Gasteiger partial charge in [-0.1, -0.05) is 0 Å². The molecule has 2 N–H and O–H groups in total. The first kappa shape index (κ1) is 18.9. The van der Waals surface area contributed by atoms with Crippen molar-refractivity contribution >= 4 is 15.8 Å². The Hall–Kier alpha value is -2.85. The third-order valence-electron chi connectivity index (χ3n) is 4.00. The summed E-state index contributed by atoms with van der Waals surface area (Å²) in [5.74, 6) is 0.739. The molecule has 0 unspecified atom stereocenters. The summed E-state index contributed by atoms with van der Waals surface area (Å²) in [6.07, 6.45) is 3.11. The van der Waals surface area contributed by atoms with Gasteiger partial charge in [0.05, 0.1) is 10.6 Å². The van der Waals surface area contributed by atoms with Crippen molar-refractivity contribution in [3.8, 4) is 5.82 Å². The van der Waals surface area contributed by atoms with Crippen molar-refractivity contribution in [3.05, 3.63) is 60.2 Å². The molecule has 10 heteroatoms. The Morgan fingerprint density at radius 2 is 1.81 bits per heavy atom. The van der Waals surface area contributed by atoms with Gasteiger partial charge in [0.15, 0.2) is 0 Å². The first-order valence-corrected chi connectivity index (χ1v) is 9.67. The summed E-state index contributed by atoms with van der Waals surface area (Å²) < 4.78 is 41.5. The summed E-state index contributed by atoms with van der Waals surface area (Å²) in [4.78, 5) is 12.6. The van der Waals surface area contributed by atoms with Gasteiger partial charge < -0.3 is 5.32 Å². The number of nitrogens with one attached hydrogen (secondary N) is 2. The van der Waals surface area contributed by atoms with Crippen LogP contribution in [0.15, 0.2) is 47.9 Å². The van der Waals surface area contributed by atoms with Crippen molar-refractivity contribution in [3.63, 3.8) is 0 Å². The Morgan fingerprint density at radius 3 is 2.48 bits per heavy atom. The van der Waals surface area contributed by atoms with E-state index >= 15 is 0 Å². The molecule has 0 aliphatic heterocycles. The van der Waals surface area contributed by atoms with E-state index in [4.69, 9.17) is 0 Å². The van der Waals surface area contributed by atoms with Crippen LogP contribution in [0.25, 0.3) is 5.82 Å². The summed E-state index contributed by atoms with van der Waals surface area (Å²) in [6, 6.07) is 6.40. The highest BCUT2D eigenvalue weighted by molar-refractivity contribution is 7.89. The Morgan fingerprint density at radius 1 is 1.07 bits per heavy atom. The molecular formula is C17H19FN6O2S. The highest BCUT2D eigenvalue weighted by atomic mass is 32.2. The van der Waals surface area contributed by atoms with Crippen molar-refractivity contribution in [1.29, 1.82) is 0 Å². The first-order valence-electron chi connectivity index (χ1n) is 8.19. The molecule has 0 saturated carbocycles. The number of anilines is 1. The molecule has 0 spiro atoms. The molecule has 2 aromatic heterocycles. The Bertz CT molecular complexity index is 1030. The van der Waals surface area contributed by atoms with Gasteiger partial charge in [-0.2, -0.15) is 0 Å². The summed E-state index contributed by atoms with van der Waals surface area (Å²) in [6.45, 7) is 4.32. The summed E-state index contributed by atoms with van der Waals surface area (Å²) in [7, 11) is -3.69. The average molecular weight is 390 g/mol. The monoisotopic (exact) mass is 390 g/mol. The van der Waals surface area contributed by atoms with E-state index in [1.807, 2.05) is 18.4 Å². The van der Waals surface area contributed by atoms with E-state index < -0.39 is 15.8 Å². The third kappa shape index (κ3) is 4.47. The van der Waals surface area contributed by atoms with Crippen molar-refractivity contribution in [2.24, 2.45) is 0 Å². The molecule has 27 heavy (non-hydrogen) atoms. The smallest absolute Gasteiger partial charge is 0.240 e. The minimum atomic E-state index is -3.69. The topological polar surface area (TPSA) is 102 Å². The Kier molecular flexibility index (Phi) is 5.47. The maximum atomic E-state index is 12.9. The van der Waals surface area contributed by atoms with Gasteiger partial charge in [0, 0.05) is 24.8 Å². The maximum Gasteiger partial charge on any atom is 0.240 e. The minimum Gasteiger partial charge on any atom is -0.369 e. The number of sulfonamides is 1. The van der Waals surface area contributed by atoms with Gasteiger partial charge in [-0.15, -0.1) is 0 Å². The summed E-state index contributed by atoms with van der Waals surface area (Å²) >= 11 is 0. The number of rotatable bonds is 7. The molecule has 2 heterocycles. The molecule has 3 aromatic rings. The van der Waals surface area contributed by atoms with Gasteiger partial charge >= 0.3 is 0 Å². The highest BCUT2D eigenvalue weighted by Crippen LogP contribution is 2.13. The summed E-state index contributed by atoms with van der Waals surface area (Å²) in [5, 5.41) is 3.04. The second-order valence-electron chi connectivity index (χ2n) is 5.83. The van der Waals surface area contributed by atoms with Crippen molar-refractivity contribution in [2.75, 3.05) is 18.4 Å². The molecule has 0 saturated heterocycles. The highest BCUT2D eigenvalue weighted by Gasteiger charge is 2.13. The normalized spacial score (nSPS) is 11.5. The zero-order valence-electron chi connectivity index (χ0n) is 14.8. The second kappa shape index (κ2) is 7.80. The molecule has 3 rings (SSSR count). The van der Waals surface area contributed by atoms with E-state index in [0.29, 0.717) is 18.2 Å². The van der Waals surface area contributed by atoms with E-state index in [2.05, 4.69) is 25.0 Å². The SMILES string of the molecule is Cc1ncn(-c2cc(NCCNS(=O)(=O)c3ccc(F)cc3)ncn2)c1C. The van der Waals surface area contributed by atoms with Crippen LogP contribution in [0.3, 0.4) is 0 Å². The number of hydrogen-bond acceptors (Lipinski definition) is 6. The van der Waals surface area contributed by atoms with Gasteiger partial charge in [0.1, 0.15) is 30.1 Å². The van der Waals surface area contributed by atoms with Gasteiger partial charge in [-0.05, 0) is 38.1 Å². The fraction of sp³-hybridized carbons (Fsp3) is 0.235. The van der Waals surface area contributed by atoms with E-state index in [-0.39, 0.29) is 11.4 Å². The van der Waals surface area contributed by atoms with Gasteiger partial charge in [-0.25, -0.2) is 32.5 Å². The van der Waals surface area contributed by atoms with Crippen molar-refractivity contribution in [1.82, 2.24) is 24.2 Å². The van der Waals surface area contributed by atoms with Crippen LogP contribution in [0.4, 0.5) is 10.2 Å². The van der Waals surface area contributed by atoms with E-state index in [0.717, 1.165) is 23.5 Å².